The number of hydrogen-bond donors (Lipinski definition) is 1. The third-order valence-corrected chi connectivity index (χ3v) is 3.54. The fourth-order valence-electron chi connectivity index (χ4n) is 1.86. The number of amides is 1. The number of hydrogen-bond acceptors (Lipinski definition) is 3. The van der Waals surface area contributed by atoms with E-state index < -0.39 is 11.7 Å². The fraction of sp³-hybridized carbons (Fsp3) is 0.250. The van der Waals surface area contributed by atoms with Crippen molar-refractivity contribution in [1.29, 1.82) is 0 Å². The summed E-state index contributed by atoms with van der Waals surface area (Å²) in [5.74, 6) is 0.280. The van der Waals surface area contributed by atoms with Crippen LogP contribution in [0.4, 0.5) is 18.9 Å². The Morgan fingerprint density at radius 3 is 2.68 bits per heavy atom. The zero-order chi connectivity index (χ0) is 18.4. The minimum atomic E-state index is -4.54. The maximum absolute atomic E-state index is 12.6. The second-order valence-corrected chi connectivity index (χ2v) is 5.76. The molecular formula is C16H13Cl2F3N2O2. The van der Waals surface area contributed by atoms with Gasteiger partial charge in [-0.3, -0.25) is 4.79 Å². The molecule has 1 aromatic heterocycles. The van der Waals surface area contributed by atoms with Crippen LogP contribution in [0.1, 0.15) is 18.4 Å². The summed E-state index contributed by atoms with van der Waals surface area (Å²) in [5, 5.41) is 2.39. The minimum Gasteiger partial charge on any atom is -0.437 e. The van der Waals surface area contributed by atoms with E-state index in [2.05, 4.69) is 10.3 Å². The highest BCUT2D eigenvalue weighted by Gasteiger charge is 2.31. The number of nitrogens with one attached hydrogen (secondary N) is 1. The van der Waals surface area contributed by atoms with Crippen molar-refractivity contribution in [2.75, 3.05) is 11.2 Å². The molecule has 0 aliphatic rings. The largest absolute Gasteiger partial charge is 0.437 e. The second-order valence-electron chi connectivity index (χ2n) is 4.98. The van der Waals surface area contributed by atoms with E-state index in [0.717, 1.165) is 6.07 Å². The topological polar surface area (TPSA) is 51.2 Å². The number of alkyl halides is 4. The van der Waals surface area contributed by atoms with Crippen LogP contribution in [0.3, 0.4) is 0 Å². The molecule has 0 aliphatic carbocycles. The summed E-state index contributed by atoms with van der Waals surface area (Å²) in [4.78, 5) is 15.3. The number of rotatable bonds is 6. The number of carbonyl (C=O) groups excluding carboxylic acids is 1. The Labute approximate surface area is 151 Å². The van der Waals surface area contributed by atoms with E-state index in [-0.39, 0.29) is 29.0 Å². The first-order chi connectivity index (χ1) is 11.8. The number of benzene rings is 1. The van der Waals surface area contributed by atoms with Crippen LogP contribution in [0.5, 0.6) is 11.6 Å². The summed E-state index contributed by atoms with van der Waals surface area (Å²) in [7, 11) is 0. The minimum absolute atomic E-state index is 0.166. The van der Waals surface area contributed by atoms with Crippen molar-refractivity contribution >= 4 is 34.8 Å². The molecule has 0 atom stereocenters. The van der Waals surface area contributed by atoms with E-state index in [1.807, 2.05) is 0 Å². The van der Waals surface area contributed by atoms with E-state index in [0.29, 0.717) is 24.2 Å². The van der Waals surface area contributed by atoms with Crippen LogP contribution in [0.25, 0.3) is 0 Å². The predicted octanol–water partition coefficient (Wildman–Crippen LogP) is 5.50. The summed E-state index contributed by atoms with van der Waals surface area (Å²) in [6, 6.07) is 7.07. The molecule has 134 valence electrons. The summed E-state index contributed by atoms with van der Waals surface area (Å²) in [6.07, 6.45) is -3.07. The standard InChI is InChI=1S/C16H13Cl2F3N2O2/c17-6-2-5-14(24)23-11-3-1-4-12(8-11)25-15-13(18)7-10(9-22-15)16(19,20)21/h1,3-4,7-9H,2,5-6H2,(H,23,24). The average molecular weight is 393 g/mol. The summed E-state index contributed by atoms with van der Waals surface area (Å²) < 4.78 is 43.2. The SMILES string of the molecule is O=C(CCCCl)Nc1cccc(Oc2ncc(C(F)(F)F)cc2Cl)c1. The molecule has 1 amide bonds. The molecule has 0 bridgehead atoms. The van der Waals surface area contributed by atoms with Crippen molar-refractivity contribution < 1.29 is 22.7 Å². The molecule has 0 saturated carbocycles. The molecule has 0 spiro atoms. The molecule has 2 rings (SSSR count). The van der Waals surface area contributed by atoms with Gasteiger partial charge < -0.3 is 10.1 Å². The molecule has 0 unspecified atom stereocenters. The van der Waals surface area contributed by atoms with Crippen molar-refractivity contribution in [2.45, 2.75) is 19.0 Å². The Kier molecular flexibility index (Phi) is 6.50. The zero-order valence-corrected chi connectivity index (χ0v) is 14.3. The first-order valence-electron chi connectivity index (χ1n) is 7.16. The number of pyridine rings is 1. The van der Waals surface area contributed by atoms with Crippen LogP contribution in [0, 0.1) is 0 Å². The Balaban J connectivity index is 2.10. The van der Waals surface area contributed by atoms with Gasteiger partial charge in [-0.1, -0.05) is 17.7 Å². The Bertz CT molecular complexity index is 754. The second kappa shape index (κ2) is 8.40. The molecule has 1 N–H and O–H groups in total. The molecular weight excluding hydrogens is 380 g/mol. The van der Waals surface area contributed by atoms with Gasteiger partial charge in [0.2, 0.25) is 11.8 Å². The number of carbonyl (C=O) groups is 1. The van der Waals surface area contributed by atoms with Gasteiger partial charge in [0.1, 0.15) is 10.8 Å². The summed E-state index contributed by atoms with van der Waals surface area (Å²) in [6.45, 7) is 0. The van der Waals surface area contributed by atoms with Gasteiger partial charge in [-0.25, -0.2) is 4.98 Å². The van der Waals surface area contributed by atoms with E-state index in [4.69, 9.17) is 27.9 Å². The number of halogens is 5. The van der Waals surface area contributed by atoms with Crippen LogP contribution < -0.4 is 10.1 Å². The third-order valence-electron chi connectivity index (χ3n) is 3.00. The van der Waals surface area contributed by atoms with E-state index in [9.17, 15) is 18.0 Å². The highest BCUT2D eigenvalue weighted by atomic mass is 35.5. The maximum Gasteiger partial charge on any atom is 0.417 e. The monoisotopic (exact) mass is 392 g/mol. The number of aromatic nitrogens is 1. The molecule has 9 heteroatoms. The number of anilines is 1. The number of nitrogens with zero attached hydrogens (tertiary/aromatic N) is 1. The molecule has 1 heterocycles. The molecule has 4 nitrogen and oxygen atoms in total. The van der Waals surface area contributed by atoms with Gasteiger partial charge in [-0.15, -0.1) is 11.6 Å². The van der Waals surface area contributed by atoms with Crippen molar-refractivity contribution in [2.24, 2.45) is 0 Å². The Hall–Kier alpha value is -1.99. The van der Waals surface area contributed by atoms with Crippen LogP contribution >= 0.6 is 23.2 Å². The smallest absolute Gasteiger partial charge is 0.417 e. The highest BCUT2D eigenvalue weighted by Crippen LogP contribution is 2.34. The summed E-state index contributed by atoms with van der Waals surface area (Å²) >= 11 is 11.3. The van der Waals surface area contributed by atoms with Crippen LogP contribution in [-0.2, 0) is 11.0 Å². The van der Waals surface area contributed by atoms with Crippen molar-refractivity contribution in [1.82, 2.24) is 4.98 Å². The number of ether oxygens (including phenoxy) is 1. The van der Waals surface area contributed by atoms with E-state index in [1.165, 1.54) is 6.07 Å². The molecule has 2 aromatic rings. The lowest BCUT2D eigenvalue weighted by molar-refractivity contribution is -0.137. The van der Waals surface area contributed by atoms with Gasteiger partial charge in [0, 0.05) is 30.3 Å². The molecule has 0 radical (unpaired) electrons. The third kappa shape index (κ3) is 5.79. The first kappa shape index (κ1) is 19.3. The molecule has 1 aromatic carbocycles. The summed E-state index contributed by atoms with van der Waals surface area (Å²) in [5.41, 5.74) is -0.495. The molecule has 0 saturated heterocycles. The zero-order valence-electron chi connectivity index (χ0n) is 12.7. The van der Waals surface area contributed by atoms with Crippen molar-refractivity contribution in [3.05, 3.63) is 47.1 Å². The van der Waals surface area contributed by atoms with Gasteiger partial charge in [0.05, 0.1) is 5.56 Å². The van der Waals surface area contributed by atoms with Gasteiger partial charge in [0.25, 0.3) is 0 Å². The highest BCUT2D eigenvalue weighted by molar-refractivity contribution is 6.31. The molecule has 0 aliphatic heterocycles. The predicted molar refractivity (Wildman–Crippen MR) is 89.3 cm³/mol. The normalized spacial score (nSPS) is 11.2. The lowest BCUT2D eigenvalue weighted by Gasteiger charge is -2.11. The first-order valence-corrected chi connectivity index (χ1v) is 8.07. The van der Waals surface area contributed by atoms with Crippen molar-refractivity contribution in [3.63, 3.8) is 0 Å². The average Bonchev–Trinajstić information content (AvgIpc) is 2.54. The van der Waals surface area contributed by atoms with Crippen LogP contribution in [0.2, 0.25) is 5.02 Å². The van der Waals surface area contributed by atoms with Gasteiger partial charge >= 0.3 is 6.18 Å². The lowest BCUT2D eigenvalue weighted by atomic mass is 10.2. The van der Waals surface area contributed by atoms with Gasteiger partial charge in [0.15, 0.2) is 0 Å². The Morgan fingerprint density at radius 1 is 1.28 bits per heavy atom. The Morgan fingerprint density at radius 2 is 2.04 bits per heavy atom. The van der Waals surface area contributed by atoms with Crippen molar-refractivity contribution in [3.8, 4) is 11.6 Å². The maximum atomic E-state index is 12.6. The molecule has 25 heavy (non-hydrogen) atoms. The van der Waals surface area contributed by atoms with Gasteiger partial charge in [-0.2, -0.15) is 13.2 Å². The lowest BCUT2D eigenvalue weighted by Crippen LogP contribution is -2.11. The quantitative estimate of drug-likeness (QED) is 0.659. The molecule has 0 fully saturated rings. The van der Waals surface area contributed by atoms with Crippen LogP contribution in [-0.4, -0.2) is 16.8 Å². The van der Waals surface area contributed by atoms with Gasteiger partial charge in [-0.05, 0) is 24.6 Å². The van der Waals surface area contributed by atoms with Crippen LogP contribution in [0.15, 0.2) is 36.5 Å². The van der Waals surface area contributed by atoms with E-state index >= 15 is 0 Å². The van der Waals surface area contributed by atoms with E-state index in [1.54, 1.807) is 18.2 Å². The fourth-order valence-corrected chi connectivity index (χ4v) is 2.19.